The second kappa shape index (κ2) is 4.86. The Labute approximate surface area is 134 Å². The van der Waals surface area contributed by atoms with E-state index in [9.17, 15) is 0 Å². The first kappa shape index (κ1) is 15.6. The molecule has 2 heteroatoms. The molecule has 120 valence electrons. The van der Waals surface area contributed by atoms with Gasteiger partial charge in [-0.15, -0.1) is 0 Å². The summed E-state index contributed by atoms with van der Waals surface area (Å²) in [5, 5.41) is 0. The smallest absolute Gasteiger partial charge is 0.208 e. The highest BCUT2D eigenvalue weighted by molar-refractivity contribution is 5.47. The van der Waals surface area contributed by atoms with E-state index in [1.54, 1.807) is 6.26 Å². The van der Waals surface area contributed by atoms with Gasteiger partial charge in [0, 0.05) is 0 Å². The van der Waals surface area contributed by atoms with Crippen LogP contribution in [0.25, 0.3) is 0 Å². The maximum Gasteiger partial charge on any atom is 0.208 e. The Hall–Kier alpha value is -1.28. The Morgan fingerprint density at radius 3 is 2.18 bits per heavy atom. The number of benzene rings is 1. The average molecular weight is 300 g/mol. The molecule has 2 heterocycles. The van der Waals surface area contributed by atoms with E-state index in [0.29, 0.717) is 5.92 Å². The van der Waals surface area contributed by atoms with Crippen molar-refractivity contribution < 1.29 is 9.47 Å². The van der Waals surface area contributed by atoms with E-state index in [-0.39, 0.29) is 23.2 Å². The fourth-order valence-electron chi connectivity index (χ4n) is 3.40. The van der Waals surface area contributed by atoms with Gasteiger partial charge in [0.1, 0.15) is 0 Å². The van der Waals surface area contributed by atoms with Crippen LogP contribution in [0.4, 0.5) is 0 Å². The van der Waals surface area contributed by atoms with Gasteiger partial charge < -0.3 is 9.47 Å². The van der Waals surface area contributed by atoms with Crippen molar-refractivity contribution >= 4 is 0 Å². The first-order chi connectivity index (χ1) is 10.1. The minimum absolute atomic E-state index is 0.0699. The lowest BCUT2D eigenvalue weighted by Crippen LogP contribution is -2.41. The van der Waals surface area contributed by atoms with Gasteiger partial charge >= 0.3 is 0 Å². The third-order valence-electron chi connectivity index (χ3n) is 4.80. The van der Waals surface area contributed by atoms with Crippen molar-refractivity contribution in [3.63, 3.8) is 0 Å². The van der Waals surface area contributed by atoms with Crippen molar-refractivity contribution in [2.75, 3.05) is 0 Å². The van der Waals surface area contributed by atoms with Gasteiger partial charge in [-0.1, -0.05) is 53.7 Å². The van der Waals surface area contributed by atoms with Crippen LogP contribution in [-0.4, -0.2) is 6.29 Å². The Morgan fingerprint density at radius 1 is 0.955 bits per heavy atom. The summed E-state index contributed by atoms with van der Waals surface area (Å²) in [6.07, 6.45) is 3.99. The summed E-state index contributed by atoms with van der Waals surface area (Å²) in [6.45, 7) is 15.9. The number of fused-ring (bicyclic) bond motifs is 1. The maximum atomic E-state index is 6.01. The second-order valence-corrected chi connectivity index (χ2v) is 8.72. The molecule has 22 heavy (non-hydrogen) atoms. The number of ether oxygens (including phenoxy) is 2. The molecule has 1 aromatic carbocycles. The Morgan fingerprint density at radius 2 is 1.64 bits per heavy atom. The minimum atomic E-state index is -0.0699. The van der Waals surface area contributed by atoms with Crippen LogP contribution in [0.1, 0.15) is 69.9 Å². The van der Waals surface area contributed by atoms with Crippen LogP contribution < -0.4 is 0 Å². The first-order valence-electron chi connectivity index (χ1n) is 8.22. The number of hydrogen-bond donors (Lipinski definition) is 0. The molecule has 2 aliphatic rings. The number of rotatable bonds is 1. The highest BCUT2D eigenvalue weighted by Crippen LogP contribution is 2.49. The van der Waals surface area contributed by atoms with Gasteiger partial charge in [-0.2, -0.15) is 0 Å². The molecule has 2 nitrogen and oxygen atoms in total. The molecular formula is C20H28O2. The molecule has 0 N–H and O–H groups in total. The maximum absolute atomic E-state index is 6.01. The van der Waals surface area contributed by atoms with E-state index in [2.05, 4.69) is 66.7 Å². The highest BCUT2D eigenvalue weighted by atomic mass is 16.7. The van der Waals surface area contributed by atoms with Gasteiger partial charge in [0.25, 0.3) is 0 Å². The quantitative estimate of drug-likeness (QED) is 0.714. The van der Waals surface area contributed by atoms with E-state index in [1.165, 1.54) is 22.3 Å². The molecule has 0 radical (unpaired) electrons. The Balaban J connectivity index is 2.11. The van der Waals surface area contributed by atoms with Crippen molar-refractivity contribution in [3.05, 3.63) is 46.7 Å². The predicted octanol–water partition coefficient (Wildman–Crippen LogP) is 5.15. The van der Waals surface area contributed by atoms with Gasteiger partial charge in [-0.25, -0.2) is 0 Å². The Kier molecular flexibility index (Phi) is 3.45. The van der Waals surface area contributed by atoms with Gasteiger partial charge in [-0.05, 0) is 46.1 Å². The standard InChI is InChI=1S/C20H28O2/c1-12-10-13(19(2,3)4)11-15(20(5,6)7)16(12)17-14-8-9-21-18(14)22-17/h8-11,14,17-18H,1-7H3/t14-,17+,18+/m0/s1. The third kappa shape index (κ3) is 2.48. The molecule has 2 aliphatic heterocycles. The lowest BCUT2D eigenvalue weighted by molar-refractivity contribution is -0.258. The minimum Gasteiger partial charge on any atom is -0.472 e. The lowest BCUT2D eigenvalue weighted by Gasteiger charge is -2.42. The molecular weight excluding hydrogens is 272 g/mol. The molecule has 1 aromatic rings. The molecule has 3 atom stereocenters. The van der Waals surface area contributed by atoms with Gasteiger partial charge in [0.2, 0.25) is 6.29 Å². The number of aryl methyl sites for hydroxylation is 1. The predicted molar refractivity (Wildman–Crippen MR) is 89.9 cm³/mol. The zero-order valence-electron chi connectivity index (χ0n) is 14.9. The van der Waals surface area contributed by atoms with Crippen molar-refractivity contribution in [2.24, 2.45) is 5.92 Å². The zero-order valence-corrected chi connectivity index (χ0v) is 14.9. The van der Waals surface area contributed by atoms with Crippen molar-refractivity contribution in [2.45, 2.75) is 71.7 Å². The molecule has 0 aliphatic carbocycles. The van der Waals surface area contributed by atoms with E-state index in [0.717, 1.165) is 0 Å². The molecule has 0 spiro atoms. The van der Waals surface area contributed by atoms with E-state index >= 15 is 0 Å². The molecule has 0 bridgehead atoms. The van der Waals surface area contributed by atoms with Crippen molar-refractivity contribution in [1.82, 2.24) is 0 Å². The average Bonchev–Trinajstić information content (AvgIpc) is 2.70. The SMILES string of the molecule is Cc1cc(C(C)(C)C)cc(C(C)(C)C)c1[C@@H]1O[C@H]2OC=C[C@H]21. The third-order valence-corrected chi connectivity index (χ3v) is 4.80. The molecule has 0 saturated carbocycles. The van der Waals surface area contributed by atoms with Gasteiger partial charge in [0.15, 0.2) is 0 Å². The van der Waals surface area contributed by atoms with E-state index in [4.69, 9.17) is 9.47 Å². The monoisotopic (exact) mass is 300 g/mol. The van der Waals surface area contributed by atoms with Crippen LogP contribution in [0.2, 0.25) is 0 Å². The van der Waals surface area contributed by atoms with Crippen molar-refractivity contribution in [3.8, 4) is 0 Å². The fourth-order valence-corrected chi connectivity index (χ4v) is 3.40. The summed E-state index contributed by atoms with van der Waals surface area (Å²) < 4.78 is 11.5. The van der Waals surface area contributed by atoms with E-state index in [1.807, 2.05) is 0 Å². The topological polar surface area (TPSA) is 18.5 Å². The van der Waals surface area contributed by atoms with Crippen LogP contribution in [0.5, 0.6) is 0 Å². The van der Waals surface area contributed by atoms with E-state index < -0.39 is 0 Å². The summed E-state index contributed by atoms with van der Waals surface area (Å²) in [7, 11) is 0. The largest absolute Gasteiger partial charge is 0.472 e. The fraction of sp³-hybridized carbons (Fsp3) is 0.600. The molecule has 1 fully saturated rings. The lowest BCUT2D eigenvalue weighted by atomic mass is 9.73. The zero-order chi connectivity index (χ0) is 16.3. The second-order valence-electron chi connectivity index (χ2n) is 8.72. The number of hydrogen-bond acceptors (Lipinski definition) is 2. The van der Waals surface area contributed by atoms with Crippen LogP contribution in [0.3, 0.4) is 0 Å². The Bertz CT molecular complexity index is 614. The van der Waals surface area contributed by atoms with Crippen LogP contribution in [0, 0.1) is 12.8 Å². The van der Waals surface area contributed by atoms with Crippen LogP contribution in [0.15, 0.2) is 24.5 Å². The summed E-state index contributed by atoms with van der Waals surface area (Å²) in [4.78, 5) is 0. The van der Waals surface area contributed by atoms with Gasteiger partial charge in [0.05, 0.1) is 18.3 Å². The summed E-state index contributed by atoms with van der Waals surface area (Å²) in [5.41, 5.74) is 5.74. The molecule has 0 aromatic heterocycles. The molecule has 0 unspecified atom stereocenters. The van der Waals surface area contributed by atoms with Crippen molar-refractivity contribution in [1.29, 1.82) is 0 Å². The summed E-state index contributed by atoms with van der Waals surface area (Å²) in [5.74, 6) is 0.361. The first-order valence-corrected chi connectivity index (χ1v) is 8.22. The highest BCUT2D eigenvalue weighted by Gasteiger charge is 2.47. The summed E-state index contributed by atoms with van der Waals surface area (Å²) >= 11 is 0. The molecule has 0 amide bonds. The normalized spacial score (nSPS) is 27.3. The van der Waals surface area contributed by atoms with Crippen LogP contribution in [-0.2, 0) is 20.3 Å². The van der Waals surface area contributed by atoms with Crippen LogP contribution >= 0.6 is 0 Å². The molecule has 3 rings (SSSR count). The van der Waals surface area contributed by atoms with Gasteiger partial charge in [-0.3, -0.25) is 0 Å². The summed E-state index contributed by atoms with van der Waals surface area (Å²) in [6, 6.07) is 4.72. The molecule has 1 saturated heterocycles.